The molecule has 0 saturated carbocycles. The number of para-hydroxylation sites is 1. The van der Waals surface area contributed by atoms with E-state index in [0.29, 0.717) is 0 Å². The number of benzene rings is 2. The Kier molecular flexibility index (Phi) is 5.48. The number of sulfone groups is 1. The number of rotatable bonds is 7. The molecule has 0 N–H and O–H groups in total. The van der Waals surface area contributed by atoms with Crippen LogP contribution < -0.4 is 4.74 Å². The number of hydrogen-bond acceptors (Lipinski definition) is 6. The monoisotopic (exact) mass is 334 g/mol. The van der Waals surface area contributed by atoms with E-state index >= 15 is 0 Å². The molecule has 6 nitrogen and oxygen atoms in total. The van der Waals surface area contributed by atoms with Crippen LogP contribution in [0.3, 0.4) is 0 Å². The molecule has 0 heterocycles. The fourth-order valence-corrected chi connectivity index (χ4v) is 3.20. The van der Waals surface area contributed by atoms with Crippen LogP contribution in [0.2, 0.25) is 0 Å². The molecule has 2 aromatic rings. The maximum Gasteiger partial charge on any atom is 0.353 e. The lowest BCUT2D eigenvalue weighted by Gasteiger charge is -2.14. The summed E-state index contributed by atoms with van der Waals surface area (Å²) >= 11 is 0. The van der Waals surface area contributed by atoms with Crippen molar-refractivity contribution in [3.63, 3.8) is 0 Å². The summed E-state index contributed by atoms with van der Waals surface area (Å²) in [5, 5.41) is 0. The van der Waals surface area contributed by atoms with Crippen molar-refractivity contribution < 1.29 is 27.5 Å². The lowest BCUT2D eigenvalue weighted by molar-refractivity contribution is -0.152. The van der Waals surface area contributed by atoms with Crippen molar-refractivity contribution in [1.29, 1.82) is 0 Å². The quantitative estimate of drug-likeness (QED) is 0.434. The summed E-state index contributed by atoms with van der Waals surface area (Å²) < 4.78 is 34.2. The van der Waals surface area contributed by atoms with E-state index in [9.17, 15) is 18.0 Å². The zero-order chi connectivity index (χ0) is 16.7. The average molecular weight is 334 g/mol. The first kappa shape index (κ1) is 16.7. The molecule has 120 valence electrons. The zero-order valence-electron chi connectivity index (χ0n) is 12.0. The van der Waals surface area contributed by atoms with Crippen molar-refractivity contribution >= 4 is 22.3 Å². The normalized spacial score (nSPS) is 12.2. The maximum absolute atomic E-state index is 12.3. The van der Waals surface area contributed by atoms with Crippen LogP contribution in [-0.4, -0.2) is 32.7 Å². The van der Waals surface area contributed by atoms with Gasteiger partial charge in [0.1, 0.15) is 11.5 Å². The van der Waals surface area contributed by atoms with Gasteiger partial charge in [-0.15, -0.1) is 0 Å². The third-order valence-electron chi connectivity index (χ3n) is 2.92. The summed E-state index contributed by atoms with van der Waals surface area (Å²) in [4.78, 5) is 22.6. The van der Waals surface area contributed by atoms with Crippen molar-refractivity contribution in [3.05, 3.63) is 60.7 Å². The Labute approximate surface area is 133 Å². The second kappa shape index (κ2) is 7.55. The summed E-state index contributed by atoms with van der Waals surface area (Å²) in [6, 6.07) is 15.7. The predicted octanol–water partition coefficient (Wildman–Crippen LogP) is 1.61. The van der Waals surface area contributed by atoms with Gasteiger partial charge in [0.2, 0.25) is 6.10 Å². The first-order valence-corrected chi connectivity index (χ1v) is 8.32. The molecule has 2 aromatic carbocycles. The molecular formula is C16H14O6S. The third kappa shape index (κ3) is 4.65. The Morgan fingerprint density at radius 1 is 1.00 bits per heavy atom. The van der Waals surface area contributed by atoms with Gasteiger partial charge < -0.3 is 9.47 Å². The van der Waals surface area contributed by atoms with Crippen molar-refractivity contribution in [1.82, 2.24) is 0 Å². The lowest BCUT2D eigenvalue weighted by atomic mass is 10.3. The number of hydrogen-bond donors (Lipinski definition) is 0. The van der Waals surface area contributed by atoms with E-state index < -0.39 is 27.7 Å². The molecule has 0 aliphatic carbocycles. The Balaban J connectivity index is 2.15. The van der Waals surface area contributed by atoms with Crippen LogP contribution >= 0.6 is 0 Å². The van der Waals surface area contributed by atoms with Gasteiger partial charge in [-0.05, 0) is 24.3 Å². The van der Waals surface area contributed by atoms with E-state index in [1.165, 1.54) is 24.3 Å². The van der Waals surface area contributed by atoms with E-state index in [4.69, 9.17) is 4.74 Å². The first-order valence-electron chi connectivity index (χ1n) is 6.66. The van der Waals surface area contributed by atoms with Crippen LogP contribution in [0.4, 0.5) is 0 Å². The molecule has 0 amide bonds. The van der Waals surface area contributed by atoms with E-state index in [1.807, 2.05) is 0 Å². The SMILES string of the molecule is O=COC(CS(=O)(=O)c1ccccc1)C(=O)Oc1ccccc1. The summed E-state index contributed by atoms with van der Waals surface area (Å²) in [6.45, 7) is 0.0252. The molecule has 7 heteroatoms. The van der Waals surface area contributed by atoms with Gasteiger partial charge in [-0.2, -0.15) is 0 Å². The van der Waals surface area contributed by atoms with Crippen LogP contribution in [0.5, 0.6) is 5.75 Å². The Morgan fingerprint density at radius 3 is 2.13 bits per heavy atom. The van der Waals surface area contributed by atoms with E-state index in [1.54, 1.807) is 36.4 Å². The fraction of sp³-hybridized carbons (Fsp3) is 0.125. The molecular weight excluding hydrogens is 320 g/mol. The molecule has 0 fully saturated rings. The summed E-state index contributed by atoms with van der Waals surface area (Å²) in [7, 11) is -3.80. The molecule has 0 saturated heterocycles. The van der Waals surface area contributed by atoms with Gasteiger partial charge in [-0.3, -0.25) is 4.79 Å². The van der Waals surface area contributed by atoms with Crippen molar-refractivity contribution in [2.75, 3.05) is 5.75 Å². The van der Waals surface area contributed by atoms with Gasteiger partial charge in [0.15, 0.2) is 9.84 Å². The highest BCUT2D eigenvalue weighted by molar-refractivity contribution is 7.91. The summed E-state index contributed by atoms with van der Waals surface area (Å²) in [5.74, 6) is -1.42. The summed E-state index contributed by atoms with van der Waals surface area (Å²) in [6.07, 6.45) is -1.54. The average Bonchev–Trinajstić information content (AvgIpc) is 2.56. The molecule has 1 unspecified atom stereocenters. The number of carbonyl (C=O) groups is 2. The molecule has 0 spiro atoms. The topological polar surface area (TPSA) is 86.7 Å². The van der Waals surface area contributed by atoms with E-state index in [0.717, 1.165) is 0 Å². The lowest BCUT2D eigenvalue weighted by Crippen LogP contribution is -2.35. The number of esters is 1. The molecule has 0 aliphatic rings. The molecule has 0 aromatic heterocycles. The third-order valence-corrected chi connectivity index (χ3v) is 4.65. The second-order valence-corrected chi connectivity index (χ2v) is 6.58. The maximum atomic E-state index is 12.3. The smallest absolute Gasteiger partial charge is 0.353 e. The van der Waals surface area contributed by atoms with Crippen LogP contribution in [-0.2, 0) is 24.2 Å². The highest BCUT2D eigenvalue weighted by Crippen LogP contribution is 2.15. The molecule has 0 radical (unpaired) electrons. The largest absolute Gasteiger partial charge is 0.451 e. The Hall–Kier alpha value is -2.67. The standard InChI is InChI=1S/C16H14O6S/c17-12-21-15(16(18)22-13-7-3-1-4-8-13)11-23(19,20)14-9-5-2-6-10-14/h1-10,12,15H,11H2. The van der Waals surface area contributed by atoms with E-state index in [2.05, 4.69) is 4.74 Å². The Bertz CT molecular complexity index is 756. The van der Waals surface area contributed by atoms with Crippen LogP contribution in [0, 0.1) is 0 Å². The van der Waals surface area contributed by atoms with Crippen molar-refractivity contribution in [2.24, 2.45) is 0 Å². The second-order valence-electron chi connectivity index (χ2n) is 4.55. The van der Waals surface area contributed by atoms with Gasteiger partial charge in [0.05, 0.1) is 4.90 Å². The highest BCUT2D eigenvalue weighted by Gasteiger charge is 2.30. The number of carbonyl (C=O) groups excluding carboxylic acids is 2. The van der Waals surface area contributed by atoms with Gasteiger partial charge in [-0.25, -0.2) is 13.2 Å². The molecule has 2 rings (SSSR count). The van der Waals surface area contributed by atoms with Gasteiger partial charge in [0, 0.05) is 0 Å². The van der Waals surface area contributed by atoms with Crippen molar-refractivity contribution in [2.45, 2.75) is 11.0 Å². The van der Waals surface area contributed by atoms with Gasteiger partial charge in [0.25, 0.3) is 6.47 Å². The van der Waals surface area contributed by atoms with Gasteiger partial charge in [-0.1, -0.05) is 36.4 Å². The minimum Gasteiger partial charge on any atom is -0.451 e. The van der Waals surface area contributed by atoms with Crippen LogP contribution in [0.15, 0.2) is 65.6 Å². The molecule has 0 bridgehead atoms. The molecule has 23 heavy (non-hydrogen) atoms. The van der Waals surface area contributed by atoms with Gasteiger partial charge >= 0.3 is 5.97 Å². The number of ether oxygens (including phenoxy) is 2. The first-order chi connectivity index (χ1) is 11.0. The predicted molar refractivity (Wildman–Crippen MR) is 81.5 cm³/mol. The van der Waals surface area contributed by atoms with E-state index in [-0.39, 0.29) is 17.1 Å². The minimum atomic E-state index is -3.80. The highest BCUT2D eigenvalue weighted by atomic mass is 32.2. The molecule has 0 aliphatic heterocycles. The fourth-order valence-electron chi connectivity index (χ4n) is 1.82. The Morgan fingerprint density at radius 2 is 1.57 bits per heavy atom. The zero-order valence-corrected chi connectivity index (χ0v) is 12.8. The van der Waals surface area contributed by atoms with Crippen LogP contribution in [0.1, 0.15) is 0 Å². The molecule has 1 atom stereocenters. The van der Waals surface area contributed by atoms with Crippen molar-refractivity contribution in [3.8, 4) is 5.75 Å². The summed E-state index contributed by atoms with van der Waals surface area (Å²) in [5.41, 5.74) is 0. The minimum absolute atomic E-state index is 0.0252. The van der Waals surface area contributed by atoms with Crippen LogP contribution in [0.25, 0.3) is 0 Å².